The molecule has 1 heterocycles. The molecule has 96 valence electrons. The molecule has 0 aliphatic carbocycles. The van der Waals surface area contributed by atoms with Crippen LogP contribution in [0.5, 0.6) is 0 Å². The third kappa shape index (κ3) is 4.14. The predicted octanol–water partition coefficient (Wildman–Crippen LogP) is -0.587. The number of aliphatic hydroxyl groups excluding tert-OH is 1. The van der Waals surface area contributed by atoms with Crippen LogP contribution in [-0.4, -0.2) is 46.9 Å². The van der Waals surface area contributed by atoms with Gasteiger partial charge in [-0.3, -0.25) is 19.3 Å². The Bertz CT molecular complexity index is 301. The van der Waals surface area contributed by atoms with Gasteiger partial charge in [0.1, 0.15) is 0 Å². The maximum atomic E-state index is 11.5. The predicted molar refractivity (Wildman–Crippen MR) is 59.9 cm³/mol. The summed E-state index contributed by atoms with van der Waals surface area (Å²) in [5.74, 6) is -0.615. The minimum absolute atomic E-state index is 0.0184. The maximum Gasteiger partial charge on any atom is 0.229 e. The van der Waals surface area contributed by atoms with Crippen LogP contribution in [0.4, 0.5) is 0 Å². The normalized spacial score (nSPS) is 17.4. The molecule has 1 fully saturated rings. The molecule has 17 heavy (non-hydrogen) atoms. The second-order valence-electron chi connectivity index (χ2n) is 4.17. The number of amides is 3. The van der Waals surface area contributed by atoms with E-state index in [0.29, 0.717) is 6.42 Å². The van der Waals surface area contributed by atoms with E-state index in [0.717, 1.165) is 4.90 Å². The number of imide groups is 1. The molecular weight excluding hydrogens is 224 g/mol. The molecule has 1 aliphatic heterocycles. The molecule has 0 saturated carbocycles. The van der Waals surface area contributed by atoms with E-state index in [1.54, 1.807) is 6.92 Å². The fourth-order valence-corrected chi connectivity index (χ4v) is 1.70. The van der Waals surface area contributed by atoms with E-state index in [2.05, 4.69) is 5.32 Å². The average molecular weight is 242 g/mol. The Morgan fingerprint density at radius 1 is 1.41 bits per heavy atom. The second-order valence-corrected chi connectivity index (χ2v) is 4.17. The minimum atomic E-state index is -0.210. The van der Waals surface area contributed by atoms with Gasteiger partial charge in [0.25, 0.3) is 0 Å². The highest BCUT2D eigenvalue weighted by molar-refractivity contribution is 6.02. The van der Waals surface area contributed by atoms with Gasteiger partial charge in [0.15, 0.2) is 0 Å². The number of nitrogens with one attached hydrogen (secondary N) is 1. The van der Waals surface area contributed by atoms with Crippen molar-refractivity contribution in [1.29, 1.82) is 0 Å². The molecule has 0 aromatic rings. The van der Waals surface area contributed by atoms with Gasteiger partial charge >= 0.3 is 0 Å². The van der Waals surface area contributed by atoms with Crippen LogP contribution in [-0.2, 0) is 14.4 Å². The molecule has 0 aromatic carbocycles. The van der Waals surface area contributed by atoms with Crippen molar-refractivity contribution < 1.29 is 19.5 Å². The number of carbonyl (C=O) groups excluding carboxylic acids is 3. The Kier molecular flexibility index (Phi) is 5.09. The number of hydrogen-bond donors (Lipinski definition) is 2. The Morgan fingerprint density at radius 3 is 2.53 bits per heavy atom. The molecule has 0 aromatic heterocycles. The van der Waals surface area contributed by atoms with E-state index >= 15 is 0 Å². The van der Waals surface area contributed by atoms with Crippen molar-refractivity contribution in [3.63, 3.8) is 0 Å². The van der Waals surface area contributed by atoms with Gasteiger partial charge in [-0.05, 0) is 13.3 Å². The molecule has 1 rings (SSSR count). The molecule has 6 heteroatoms. The van der Waals surface area contributed by atoms with Crippen molar-refractivity contribution in [2.24, 2.45) is 0 Å². The summed E-state index contributed by atoms with van der Waals surface area (Å²) < 4.78 is 0. The first kappa shape index (κ1) is 13.6. The number of aliphatic hydroxyl groups is 1. The summed E-state index contributed by atoms with van der Waals surface area (Å²) in [6.07, 6.45) is 1.11. The topological polar surface area (TPSA) is 86.7 Å². The zero-order valence-corrected chi connectivity index (χ0v) is 9.94. The molecule has 2 N–H and O–H groups in total. The summed E-state index contributed by atoms with van der Waals surface area (Å²) in [5.41, 5.74) is 0. The quantitative estimate of drug-likeness (QED) is 0.610. The summed E-state index contributed by atoms with van der Waals surface area (Å²) in [6, 6.07) is -0.0996. The van der Waals surface area contributed by atoms with Crippen LogP contribution >= 0.6 is 0 Å². The number of likely N-dealkylation sites (tertiary alicyclic amines) is 1. The summed E-state index contributed by atoms with van der Waals surface area (Å²) in [4.78, 5) is 35.1. The molecule has 1 atom stereocenters. The van der Waals surface area contributed by atoms with Gasteiger partial charge in [-0.2, -0.15) is 0 Å². The molecular formula is C11H18N2O4. The van der Waals surface area contributed by atoms with Gasteiger partial charge in [-0.1, -0.05) is 0 Å². The molecule has 1 unspecified atom stereocenters. The van der Waals surface area contributed by atoms with Crippen LogP contribution < -0.4 is 5.32 Å². The smallest absolute Gasteiger partial charge is 0.229 e. The van der Waals surface area contributed by atoms with Crippen molar-refractivity contribution in [3.8, 4) is 0 Å². The van der Waals surface area contributed by atoms with Gasteiger partial charge in [0, 0.05) is 38.5 Å². The van der Waals surface area contributed by atoms with E-state index in [9.17, 15) is 14.4 Å². The van der Waals surface area contributed by atoms with Crippen LogP contribution in [0.2, 0.25) is 0 Å². The lowest BCUT2D eigenvalue weighted by Crippen LogP contribution is -2.37. The number of nitrogens with zero attached hydrogens (tertiary/aromatic N) is 1. The largest absolute Gasteiger partial charge is 0.396 e. The fraction of sp³-hybridized carbons (Fsp3) is 0.727. The number of rotatable bonds is 6. The zero-order valence-electron chi connectivity index (χ0n) is 9.94. The standard InChI is InChI=1S/C11H18N2O4/c1-8(5-7-14)12-9(15)4-6-13-10(16)2-3-11(13)17/h8,14H,2-7H2,1H3,(H,12,15). The van der Waals surface area contributed by atoms with E-state index < -0.39 is 0 Å². The van der Waals surface area contributed by atoms with Crippen molar-refractivity contribution >= 4 is 17.7 Å². The summed E-state index contributed by atoms with van der Waals surface area (Å²) >= 11 is 0. The van der Waals surface area contributed by atoms with E-state index in [4.69, 9.17) is 5.11 Å². The van der Waals surface area contributed by atoms with Crippen LogP contribution in [0, 0.1) is 0 Å². The first-order valence-corrected chi connectivity index (χ1v) is 5.78. The van der Waals surface area contributed by atoms with Crippen LogP contribution in [0.1, 0.15) is 32.6 Å². The van der Waals surface area contributed by atoms with Crippen LogP contribution in [0.25, 0.3) is 0 Å². The molecule has 1 saturated heterocycles. The van der Waals surface area contributed by atoms with Crippen LogP contribution in [0.3, 0.4) is 0 Å². The lowest BCUT2D eigenvalue weighted by molar-refractivity contribution is -0.138. The van der Waals surface area contributed by atoms with Gasteiger partial charge in [-0.25, -0.2) is 0 Å². The number of carbonyl (C=O) groups is 3. The molecule has 0 bridgehead atoms. The lowest BCUT2D eigenvalue weighted by Gasteiger charge is -2.15. The fourth-order valence-electron chi connectivity index (χ4n) is 1.70. The average Bonchev–Trinajstić information content (AvgIpc) is 2.56. The van der Waals surface area contributed by atoms with Gasteiger partial charge in [0.05, 0.1) is 0 Å². The van der Waals surface area contributed by atoms with E-state index in [-0.39, 0.29) is 56.2 Å². The first-order chi connectivity index (χ1) is 8.04. The molecule has 0 radical (unpaired) electrons. The number of hydrogen-bond acceptors (Lipinski definition) is 4. The third-order valence-corrected chi connectivity index (χ3v) is 2.69. The Labute approximate surface area is 100.0 Å². The SMILES string of the molecule is CC(CCO)NC(=O)CCN1C(=O)CCC1=O. The van der Waals surface area contributed by atoms with Gasteiger partial charge < -0.3 is 10.4 Å². The summed E-state index contributed by atoms with van der Waals surface area (Å²) in [5, 5.41) is 11.4. The summed E-state index contributed by atoms with van der Waals surface area (Å²) in [6.45, 7) is 1.96. The monoisotopic (exact) mass is 242 g/mol. The highest BCUT2D eigenvalue weighted by atomic mass is 16.3. The van der Waals surface area contributed by atoms with Gasteiger partial charge in [-0.15, -0.1) is 0 Å². The second kappa shape index (κ2) is 6.34. The summed E-state index contributed by atoms with van der Waals surface area (Å²) in [7, 11) is 0. The lowest BCUT2D eigenvalue weighted by atomic mass is 10.2. The van der Waals surface area contributed by atoms with Crippen LogP contribution in [0.15, 0.2) is 0 Å². The highest BCUT2D eigenvalue weighted by Crippen LogP contribution is 2.11. The molecule has 1 aliphatic rings. The first-order valence-electron chi connectivity index (χ1n) is 5.78. The van der Waals surface area contributed by atoms with Crippen molar-refractivity contribution in [3.05, 3.63) is 0 Å². The highest BCUT2D eigenvalue weighted by Gasteiger charge is 2.28. The Morgan fingerprint density at radius 2 is 2.00 bits per heavy atom. The Balaban J connectivity index is 2.28. The molecule has 3 amide bonds. The van der Waals surface area contributed by atoms with E-state index in [1.165, 1.54) is 0 Å². The maximum absolute atomic E-state index is 11.5. The van der Waals surface area contributed by atoms with Crippen molar-refractivity contribution in [2.45, 2.75) is 38.6 Å². The van der Waals surface area contributed by atoms with Crippen molar-refractivity contribution in [2.75, 3.05) is 13.2 Å². The minimum Gasteiger partial charge on any atom is -0.396 e. The Hall–Kier alpha value is -1.43. The third-order valence-electron chi connectivity index (χ3n) is 2.69. The molecule has 0 spiro atoms. The van der Waals surface area contributed by atoms with E-state index in [1.807, 2.05) is 0 Å². The van der Waals surface area contributed by atoms with Crippen molar-refractivity contribution in [1.82, 2.24) is 10.2 Å². The molecule has 6 nitrogen and oxygen atoms in total. The van der Waals surface area contributed by atoms with Gasteiger partial charge in [0.2, 0.25) is 17.7 Å². The zero-order chi connectivity index (χ0) is 12.8.